The van der Waals surface area contributed by atoms with E-state index in [1.54, 1.807) is 30.5 Å². The van der Waals surface area contributed by atoms with Crippen molar-refractivity contribution in [2.24, 2.45) is 0 Å². The molecule has 0 aliphatic carbocycles. The van der Waals surface area contributed by atoms with Crippen molar-refractivity contribution in [2.45, 2.75) is 38.5 Å². The molecule has 2 heterocycles. The molecule has 0 aliphatic rings. The van der Waals surface area contributed by atoms with E-state index in [4.69, 9.17) is 16.3 Å². The van der Waals surface area contributed by atoms with Crippen LogP contribution in [0.1, 0.15) is 27.7 Å². The molecule has 0 amide bonds. The molecule has 1 atom stereocenters. The van der Waals surface area contributed by atoms with Crippen molar-refractivity contribution >= 4 is 39.7 Å². The van der Waals surface area contributed by atoms with Crippen molar-refractivity contribution in [1.82, 2.24) is 14.4 Å². The summed E-state index contributed by atoms with van der Waals surface area (Å²) < 4.78 is 7.71. The molecule has 0 spiro atoms. The third-order valence-corrected chi connectivity index (χ3v) is 4.28. The molecule has 101 valence electrons. The second-order valence-corrected chi connectivity index (χ2v) is 7.47. The number of imidazole rings is 1. The summed E-state index contributed by atoms with van der Waals surface area (Å²) in [6.07, 6.45) is 5.06. The zero-order valence-electron chi connectivity index (χ0n) is 11.5. The number of aromatic nitrogens is 3. The lowest BCUT2D eigenvalue weighted by Gasteiger charge is -2.38. The van der Waals surface area contributed by atoms with Crippen LogP contribution in [0.5, 0.6) is 0 Å². The van der Waals surface area contributed by atoms with Crippen molar-refractivity contribution in [3.63, 3.8) is 0 Å². The fraction of sp³-hybridized carbons (Fsp3) is 0.500. The average molecular weight is 297 g/mol. The zero-order valence-corrected chi connectivity index (χ0v) is 13.4. The van der Waals surface area contributed by atoms with Gasteiger partial charge in [-0.25, -0.2) is 9.97 Å². The summed E-state index contributed by atoms with van der Waals surface area (Å²) in [5.74, 6) is 0.599. The Bertz CT molecular complexity index is 594. The molecule has 2 rings (SSSR count). The van der Waals surface area contributed by atoms with Gasteiger partial charge in [-0.1, -0.05) is 25.4 Å². The SMILES string of the molecule is CC(C)(P)C(C)(C)O[B]c1cnc2ncc(Cl)cn12. The van der Waals surface area contributed by atoms with E-state index in [0.29, 0.717) is 10.8 Å². The number of hydrogen-bond acceptors (Lipinski definition) is 3. The highest BCUT2D eigenvalue weighted by atomic mass is 35.5. The van der Waals surface area contributed by atoms with Crippen LogP contribution in [-0.2, 0) is 4.65 Å². The molecule has 0 aromatic carbocycles. The zero-order chi connectivity index (χ0) is 14.3. The van der Waals surface area contributed by atoms with Gasteiger partial charge >= 0.3 is 7.48 Å². The predicted octanol–water partition coefficient (Wildman–Crippen LogP) is 2.08. The van der Waals surface area contributed by atoms with E-state index in [9.17, 15) is 0 Å². The first kappa shape index (κ1) is 14.8. The van der Waals surface area contributed by atoms with Crippen LogP contribution in [-0.4, -0.2) is 32.6 Å². The van der Waals surface area contributed by atoms with E-state index < -0.39 is 0 Å². The normalized spacial score (nSPS) is 12.9. The molecule has 2 aromatic rings. The summed E-state index contributed by atoms with van der Waals surface area (Å²) in [6.45, 7) is 8.31. The van der Waals surface area contributed by atoms with Crippen LogP contribution in [0.3, 0.4) is 0 Å². The smallest absolute Gasteiger partial charge is 0.351 e. The van der Waals surface area contributed by atoms with Gasteiger partial charge in [0.1, 0.15) is 0 Å². The second-order valence-electron chi connectivity index (χ2n) is 5.59. The Balaban J connectivity index is 2.21. The summed E-state index contributed by atoms with van der Waals surface area (Å²) in [5.41, 5.74) is 0.487. The van der Waals surface area contributed by atoms with Gasteiger partial charge in [0.05, 0.1) is 16.8 Å². The molecular formula is C12H17BClN3OP. The van der Waals surface area contributed by atoms with Crippen LogP contribution in [0.2, 0.25) is 5.02 Å². The summed E-state index contributed by atoms with van der Waals surface area (Å²) in [4.78, 5) is 8.33. The molecule has 0 saturated heterocycles. The second kappa shape index (κ2) is 5.04. The molecule has 4 nitrogen and oxygen atoms in total. The molecule has 0 N–H and O–H groups in total. The molecule has 2 aromatic heterocycles. The van der Waals surface area contributed by atoms with Gasteiger partial charge in [0.15, 0.2) is 0 Å². The molecule has 0 bridgehead atoms. The van der Waals surface area contributed by atoms with E-state index >= 15 is 0 Å². The summed E-state index contributed by atoms with van der Waals surface area (Å²) in [7, 11) is 4.50. The Morgan fingerprint density at radius 2 is 1.89 bits per heavy atom. The van der Waals surface area contributed by atoms with Crippen LogP contribution in [0.15, 0.2) is 18.6 Å². The fourth-order valence-electron chi connectivity index (χ4n) is 1.31. The first-order valence-corrected chi connectivity index (χ1v) is 6.95. The van der Waals surface area contributed by atoms with Gasteiger partial charge in [-0.3, -0.25) is 4.40 Å². The highest BCUT2D eigenvalue weighted by molar-refractivity contribution is 7.19. The molecule has 0 aliphatic heterocycles. The number of rotatable bonds is 4. The quantitative estimate of drug-likeness (QED) is 0.640. The van der Waals surface area contributed by atoms with Gasteiger partial charge in [0.25, 0.3) is 0 Å². The summed E-state index contributed by atoms with van der Waals surface area (Å²) in [5, 5.41) is 0.505. The average Bonchev–Trinajstić information content (AvgIpc) is 2.67. The first-order valence-electron chi connectivity index (χ1n) is 5.99. The van der Waals surface area contributed by atoms with Crippen molar-refractivity contribution in [3.8, 4) is 0 Å². The standard InChI is InChI=1S/C12H17BClN3OP/c1-11(2,12(3,4)19)18-13-9-6-16-10-15-5-8(14)7-17(9)10/h5-7H,19H2,1-4H3. The number of halogens is 1. The third kappa shape index (κ3) is 3.10. The van der Waals surface area contributed by atoms with E-state index in [1.165, 1.54) is 0 Å². The Morgan fingerprint density at radius 1 is 1.26 bits per heavy atom. The van der Waals surface area contributed by atoms with Crippen molar-refractivity contribution < 1.29 is 4.65 Å². The topological polar surface area (TPSA) is 39.4 Å². The fourth-order valence-corrected chi connectivity index (χ4v) is 1.53. The molecule has 0 fully saturated rings. The molecule has 0 saturated carbocycles. The van der Waals surface area contributed by atoms with Crippen molar-refractivity contribution in [2.75, 3.05) is 0 Å². The van der Waals surface area contributed by atoms with Crippen molar-refractivity contribution in [3.05, 3.63) is 23.6 Å². The lowest BCUT2D eigenvalue weighted by atomic mass is 9.87. The lowest BCUT2D eigenvalue weighted by Crippen LogP contribution is -2.45. The van der Waals surface area contributed by atoms with Gasteiger partial charge in [0, 0.05) is 23.1 Å². The Kier molecular flexibility index (Phi) is 3.92. The Hall–Kier alpha value is -0.635. The number of hydrogen-bond donors (Lipinski definition) is 0. The minimum atomic E-state index is -0.326. The minimum Gasteiger partial charge on any atom is -0.427 e. The van der Waals surface area contributed by atoms with Gasteiger partial charge in [-0.15, -0.1) is 9.24 Å². The highest BCUT2D eigenvalue weighted by Crippen LogP contribution is 2.32. The van der Waals surface area contributed by atoms with Crippen LogP contribution >= 0.6 is 20.8 Å². The maximum Gasteiger partial charge on any atom is 0.351 e. The first-order chi connectivity index (χ1) is 8.71. The molecule has 7 heteroatoms. The van der Waals surface area contributed by atoms with E-state index in [0.717, 1.165) is 5.59 Å². The molecule has 1 unspecified atom stereocenters. The highest BCUT2D eigenvalue weighted by Gasteiger charge is 2.34. The van der Waals surface area contributed by atoms with Crippen molar-refractivity contribution in [1.29, 1.82) is 0 Å². The van der Waals surface area contributed by atoms with E-state index in [1.807, 2.05) is 13.8 Å². The minimum absolute atomic E-state index is 0.0557. The summed E-state index contributed by atoms with van der Waals surface area (Å²) in [6, 6.07) is 0. The van der Waals surface area contributed by atoms with Crippen LogP contribution in [0.25, 0.3) is 5.78 Å². The van der Waals surface area contributed by atoms with E-state index in [-0.39, 0.29) is 10.8 Å². The molecule has 19 heavy (non-hydrogen) atoms. The molecule has 1 radical (unpaired) electrons. The van der Waals surface area contributed by atoms with Crippen LogP contribution < -0.4 is 5.59 Å². The lowest BCUT2D eigenvalue weighted by molar-refractivity contribution is 0.0839. The maximum absolute atomic E-state index is 5.94. The Labute approximate surface area is 121 Å². The predicted molar refractivity (Wildman–Crippen MR) is 82.3 cm³/mol. The maximum atomic E-state index is 5.94. The van der Waals surface area contributed by atoms with Crippen LogP contribution in [0, 0.1) is 0 Å². The van der Waals surface area contributed by atoms with Gasteiger partial charge in [-0.05, 0) is 13.8 Å². The largest absolute Gasteiger partial charge is 0.427 e. The monoisotopic (exact) mass is 296 g/mol. The Morgan fingerprint density at radius 3 is 2.53 bits per heavy atom. The van der Waals surface area contributed by atoms with Crippen LogP contribution in [0.4, 0.5) is 0 Å². The van der Waals surface area contributed by atoms with E-state index in [2.05, 4.69) is 33.1 Å². The van der Waals surface area contributed by atoms with Gasteiger partial charge < -0.3 is 4.65 Å². The number of nitrogens with zero attached hydrogens (tertiary/aromatic N) is 3. The summed E-state index contributed by atoms with van der Waals surface area (Å²) >= 11 is 5.94. The van der Waals surface area contributed by atoms with Gasteiger partial charge in [0.2, 0.25) is 5.78 Å². The number of fused-ring (bicyclic) bond motifs is 1. The molecular weight excluding hydrogens is 279 g/mol. The third-order valence-electron chi connectivity index (χ3n) is 3.39. The van der Waals surface area contributed by atoms with Gasteiger partial charge in [-0.2, -0.15) is 0 Å².